The van der Waals surface area contributed by atoms with E-state index in [1.807, 2.05) is 0 Å². The number of hydrogen-bond donors (Lipinski definition) is 0. The van der Waals surface area contributed by atoms with Gasteiger partial charge < -0.3 is 9.53 Å². The van der Waals surface area contributed by atoms with Gasteiger partial charge in [-0.05, 0) is 40.9 Å². The van der Waals surface area contributed by atoms with E-state index < -0.39 is 0 Å². The number of rotatable bonds is 4. The molecule has 0 aliphatic carbocycles. The summed E-state index contributed by atoms with van der Waals surface area (Å²) in [6, 6.07) is 1.66. The summed E-state index contributed by atoms with van der Waals surface area (Å²) in [6.07, 6.45) is 1.81. The zero-order chi connectivity index (χ0) is 11.4. The Labute approximate surface area is 96.6 Å². The molecule has 0 fully saturated rings. The maximum Gasteiger partial charge on any atom is 0.143 e. The van der Waals surface area contributed by atoms with E-state index >= 15 is 0 Å². The molecular weight excluding hydrogens is 263 g/mol. The smallest absolute Gasteiger partial charge is 0.143 e. The number of benzene rings is 1. The molecule has 0 radical (unpaired) electrons. The van der Waals surface area contributed by atoms with Gasteiger partial charge in [-0.2, -0.15) is 0 Å². The average molecular weight is 275 g/mol. The largest absolute Gasteiger partial charge is 0.496 e. The first-order valence-electron chi connectivity index (χ1n) is 4.57. The molecule has 0 unspecified atom stereocenters. The number of aldehydes is 1. The van der Waals surface area contributed by atoms with Gasteiger partial charge >= 0.3 is 0 Å². The molecule has 82 valence electrons. The molecule has 1 aromatic carbocycles. The molecule has 0 amide bonds. The highest BCUT2D eigenvalue weighted by Crippen LogP contribution is 2.31. The number of carbonyl (C=O) groups is 1. The quantitative estimate of drug-likeness (QED) is 0.789. The average Bonchev–Trinajstić information content (AvgIpc) is 2.23. The number of ether oxygens (including phenoxy) is 1. The van der Waals surface area contributed by atoms with Crippen molar-refractivity contribution in [2.75, 3.05) is 7.11 Å². The van der Waals surface area contributed by atoms with Crippen molar-refractivity contribution in [3.05, 3.63) is 27.5 Å². The Morgan fingerprint density at radius 1 is 1.60 bits per heavy atom. The van der Waals surface area contributed by atoms with Crippen LogP contribution >= 0.6 is 15.9 Å². The van der Waals surface area contributed by atoms with Crippen molar-refractivity contribution < 1.29 is 13.9 Å². The molecule has 0 aliphatic rings. The second kappa shape index (κ2) is 5.26. The molecule has 0 saturated heterocycles. The summed E-state index contributed by atoms with van der Waals surface area (Å²) in [5.74, 6) is 0.208. The van der Waals surface area contributed by atoms with E-state index in [0.29, 0.717) is 28.6 Å². The lowest BCUT2D eigenvalue weighted by atomic mass is 10.0. The molecule has 0 atom stereocenters. The van der Waals surface area contributed by atoms with Gasteiger partial charge in [0.25, 0.3) is 0 Å². The molecule has 0 saturated carbocycles. The van der Waals surface area contributed by atoms with Gasteiger partial charge in [-0.1, -0.05) is 0 Å². The molecule has 0 heterocycles. The van der Waals surface area contributed by atoms with E-state index in [0.717, 1.165) is 11.8 Å². The van der Waals surface area contributed by atoms with E-state index in [4.69, 9.17) is 4.74 Å². The van der Waals surface area contributed by atoms with Crippen LogP contribution in [-0.2, 0) is 11.2 Å². The standard InChI is InChI=1S/C11H12BrFO2/c1-7-10(13)9(12)6-8(4-3-5-14)11(7)15-2/h5-6H,3-4H2,1-2H3. The van der Waals surface area contributed by atoms with Crippen LogP contribution < -0.4 is 4.74 Å². The number of methoxy groups -OCH3 is 1. The van der Waals surface area contributed by atoms with Crippen LogP contribution in [0.15, 0.2) is 10.5 Å². The van der Waals surface area contributed by atoms with Crippen molar-refractivity contribution in [2.24, 2.45) is 0 Å². The Morgan fingerprint density at radius 3 is 2.80 bits per heavy atom. The first kappa shape index (κ1) is 12.2. The fourth-order valence-corrected chi connectivity index (χ4v) is 2.06. The Bertz CT molecular complexity index is 377. The van der Waals surface area contributed by atoms with Crippen molar-refractivity contribution in [2.45, 2.75) is 19.8 Å². The molecule has 1 rings (SSSR count). The van der Waals surface area contributed by atoms with Crippen LogP contribution in [0.4, 0.5) is 4.39 Å². The number of halogens is 2. The Kier molecular flexibility index (Phi) is 4.27. The fourth-order valence-electron chi connectivity index (χ4n) is 1.49. The molecule has 2 nitrogen and oxygen atoms in total. The van der Waals surface area contributed by atoms with Crippen LogP contribution in [0.5, 0.6) is 5.75 Å². The predicted octanol–water partition coefficient (Wildman–Crippen LogP) is 3.04. The van der Waals surface area contributed by atoms with E-state index in [9.17, 15) is 9.18 Å². The number of aryl methyl sites for hydroxylation is 1. The summed E-state index contributed by atoms with van der Waals surface area (Å²) in [6.45, 7) is 1.66. The van der Waals surface area contributed by atoms with Gasteiger partial charge in [-0.3, -0.25) is 0 Å². The second-order valence-electron chi connectivity index (χ2n) is 3.20. The molecule has 15 heavy (non-hydrogen) atoms. The van der Waals surface area contributed by atoms with Gasteiger partial charge in [-0.15, -0.1) is 0 Å². The molecular formula is C11H12BrFO2. The van der Waals surface area contributed by atoms with Crippen LogP contribution in [0.1, 0.15) is 17.5 Å². The van der Waals surface area contributed by atoms with Gasteiger partial charge in [0.05, 0.1) is 11.6 Å². The minimum absolute atomic E-state index is 0.318. The Morgan fingerprint density at radius 2 is 2.27 bits per heavy atom. The third-order valence-electron chi connectivity index (χ3n) is 2.21. The van der Waals surface area contributed by atoms with Gasteiger partial charge in [0.15, 0.2) is 0 Å². The van der Waals surface area contributed by atoms with Crippen molar-refractivity contribution in [1.82, 2.24) is 0 Å². The van der Waals surface area contributed by atoms with Crippen LogP contribution in [0.2, 0.25) is 0 Å². The van der Waals surface area contributed by atoms with Crippen LogP contribution in [-0.4, -0.2) is 13.4 Å². The van der Waals surface area contributed by atoms with Crippen LogP contribution in [0, 0.1) is 12.7 Å². The first-order chi connectivity index (χ1) is 7.11. The second-order valence-corrected chi connectivity index (χ2v) is 4.05. The van der Waals surface area contributed by atoms with Crippen LogP contribution in [0.25, 0.3) is 0 Å². The van der Waals surface area contributed by atoms with E-state index in [2.05, 4.69) is 15.9 Å². The van der Waals surface area contributed by atoms with Crippen molar-refractivity contribution in [1.29, 1.82) is 0 Å². The summed E-state index contributed by atoms with van der Waals surface area (Å²) in [5, 5.41) is 0. The SMILES string of the molecule is COc1c(CCC=O)cc(Br)c(F)c1C. The van der Waals surface area contributed by atoms with Gasteiger partial charge in [0.1, 0.15) is 17.9 Å². The molecule has 0 aromatic heterocycles. The summed E-state index contributed by atoms with van der Waals surface area (Å²) in [4.78, 5) is 10.3. The summed E-state index contributed by atoms with van der Waals surface area (Å²) >= 11 is 3.13. The zero-order valence-electron chi connectivity index (χ0n) is 8.64. The number of hydrogen-bond acceptors (Lipinski definition) is 2. The maximum atomic E-state index is 13.5. The lowest BCUT2D eigenvalue weighted by Crippen LogP contribution is -1.99. The lowest BCUT2D eigenvalue weighted by Gasteiger charge is -2.12. The van der Waals surface area contributed by atoms with Gasteiger partial charge in [-0.25, -0.2) is 4.39 Å². The molecule has 0 aliphatic heterocycles. The first-order valence-corrected chi connectivity index (χ1v) is 5.36. The Balaban J connectivity index is 3.19. The summed E-state index contributed by atoms with van der Waals surface area (Å²) < 4.78 is 19.0. The highest BCUT2D eigenvalue weighted by atomic mass is 79.9. The molecule has 0 N–H and O–H groups in total. The minimum Gasteiger partial charge on any atom is -0.496 e. The molecule has 4 heteroatoms. The molecule has 0 bridgehead atoms. The van der Waals surface area contributed by atoms with Crippen molar-refractivity contribution >= 4 is 22.2 Å². The highest BCUT2D eigenvalue weighted by molar-refractivity contribution is 9.10. The van der Waals surface area contributed by atoms with Gasteiger partial charge in [0.2, 0.25) is 0 Å². The van der Waals surface area contributed by atoms with Crippen molar-refractivity contribution in [3.63, 3.8) is 0 Å². The monoisotopic (exact) mass is 274 g/mol. The van der Waals surface area contributed by atoms with Crippen molar-refractivity contribution in [3.8, 4) is 5.75 Å². The molecule has 1 aromatic rings. The topological polar surface area (TPSA) is 26.3 Å². The van der Waals surface area contributed by atoms with E-state index in [-0.39, 0.29) is 5.82 Å². The van der Waals surface area contributed by atoms with E-state index in [1.54, 1.807) is 13.0 Å². The normalized spacial score (nSPS) is 10.1. The third-order valence-corrected chi connectivity index (χ3v) is 2.78. The van der Waals surface area contributed by atoms with E-state index in [1.165, 1.54) is 7.11 Å². The minimum atomic E-state index is -0.318. The van der Waals surface area contributed by atoms with Gasteiger partial charge in [0, 0.05) is 12.0 Å². The zero-order valence-corrected chi connectivity index (χ0v) is 10.2. The number of carbonyl (C=O) groups excluding carboxylic acids is 1. The predicted molar refractivity (Wildman–Crippen MR) is 59.8 cm³/mol. The molecule has 0 spiro atoms. The summed E-state index contributed by atoms with van der Waals surface area (Å²) in [7, 11) is 1.50. The summed E-state index contributed by atoms with van der Waals surface area (Å²) in [5.41, 5.74) is 1.31. The van der Waals surface area contributed by atoms with Crippen LogP contribution in [0.3, 0.4) is 0 Å². The Hall–Kier alpha value is -0.900. The fraction of sp³-hybridized carbons (Fsp3) is 0.364. The maximum absolute atomic E-state index is 13.5. The third kappa shape index (κ3) is 2.56. The highest BCUT2D eigenvalue weighted by Gasteiger charge is 2.13. The lowest BCUT2D eigenvalue weighted by molar-refractivity contribution is -0.107.